The van der Waals surface area contributed by atoms with Crippen LogP contribution in [0.25, 0.3) is 11.5 Å². The minimum absolute atomic E-state index is 0.575. The number of nitrogens with one attached hydrogen (secondary N) is 1. The second-order valence-electron chi connectivity index (χ2n) is 5.95. The lowest BCUT2D eigenvalue weighted by Crippen LogP contribution is -2.18. The van der Waals surface area contributed by atoms with Gasteiger partial charge in [-0.25, -0.2) is 0 Å². The standard InChI is InChI=1S/C17H23N3O/c1-2-13-5-3-7-15(10-9-13)19-16-8-4-6-14(11-16)17-20-18-12-21-17/h4,6,8,11-13,15,19H,2-3,5,7,9-10H2,1H3. The molecule has 1 N–H and O–H groups in total. The number of anilines is 1. The van der Waals surface area contributed by atoms with Crippen molar-refractivity contribution in [2.75, 3.05) is 5.32 Å². The van der Waals surface area contributed by atoms with Crippen LogP contribution in [0, 0.1) is 5.92 Å². The monoisotopic (exact) mass is 285 g/mol. The van der Waals surface area contributed by atoms with Crippen LogP contribution in [0.4, 0.5) is 5.69 Å². The van der Waals surface area contributed by atoms with E-state index in [-0.39, 0.29) is 0 Å². The Kier molecular flexibility index (Phi) is 4.53. The number of hydrogen-bond donors (Lipinski definition) is 1. The van der Waals surface area contributed by atoms with Crippen LogP contribution < -0.4 is 5.32 Å². The number of benzene rings is 1. The van der Waals surface area contributed by atoms with Crippen LogP contribution in [0.5, 0.6) is 0 Å². The zero-order chi connectivity index (χ0) is 14.5. The van der Waals surface area contributed by atoms with Gasteiger partial charge < -0.3 is 9.73 Å². The third-order valence-corrected chi connectivity index (χ3v) is 4.51. The van der Waals surface area contributed by atoms with Crippen molar-refractivity contribution in [1.29, 1.82) is 0 Å². The third-order valence-electron chi connectivity index (χ3n) is 4.51. The summed E-state index contributed by atoms with van der Waals surface area (Å²) in [6, 6.07) is 8.82. The lowest BCUT2D eigenvalue weighted by molar-refractivity contribution is 0.444. The van der Waals surface area contributed by atoms with E-state index in [1.54, 1.807) is 0 Å². The van der Waals surface area contributed by atoms with Crippen molar-refractivity contribution < 1.29 is 4.42 Å². The summed E-state index contributed by atoms with van der Waals surface area (Å²) >= 11 is 0. The fraction of sp³-hybridized carbons (Fsp3) is 0.529. The van der Waals surface area contributed by atoms with Gasteiger partial charge in [0.05, 0.1) is 0 Å². The first-order valence-electron chi connectivity index (χ1n) is 7.98. The van der Waals surface area contributed by atoms with Gasteiger partial charge in [-0.15, -0.1) is 10.2 Å². The Hall–Kier alpha value is -1.84. The van der Waals surface area contributed by atoms with E-state index in [9.17, 15) is 0 Å². The SMILES string of the molecule is CCC1CCCC(Nc2cccc(-c3nnco3)c2)CC1. The molecule has 1 heterocycles. The maximum Gasteiger partial charge on any atom is 0.247 e. The molecule has 21 heavy (non-hydrogen) atoms. The predicted molar refractivity (Wildman–Crippen MR) is 84.0 cm³/mol. The van der Waals surface area contributed by atoms with E-state index in [2.05, 4.69) is 34.6 Å². The van der Waals surface area contributed by atoms with Crippen LogP contribution in [0.15, 0.2) is 35.1 Å². The molecule has 1 saturated carbocycles. The quantitative estimate of drug-likeness (QED) is 0.840. The second-order valence-corrected chi connectivity index (χ2v) is 5.95. The number of aromatic nitrogens is 2. The Morgan fingerprint density at radius 2 is 2.19 bits per heavy atom. The van der Waals surface area contributed by atoms with Crippen LogP contribution in [-0.2, 0) is 0 Å². The highest BCUT2D eigenvalue weighted by molar-refractivity contribution is 5.61. The van der Waals surface area contributed by atoms with Crippen molar-refractivity contribution in [3.8, 4) is 11.5 Å². The molecular weight excluding hydrogens is 262 g/mol. The largest absolute Gasteiger partial charge is 0.423 e. The topological polar surface area (TPSA) is 51.0 Å². The van der Waals surface area contributed by atoms with E-state index < -0.39 is 0 Å². The average Bonchev–Trinajstić information content (AvgIpc) is 2.96. The molecule has 3 rings (SSSR count). The van der Waals surface area contributed by atoms with Crippen LogP contribution in [0.2, 0.25) is 0 Å². The molecule has 2 atom stereocenters. The molecule has 0 spiro atoms. The fourth-order valence-corrected chi connectivity index (χ4v) is 3.21. The van der Waals surface area contributed by atoms with Gasteiger partial charge in [0, 0.05) is 17.3 Å². The number of hydrogen-bond acceptors (Lipinski definition) is 4. The lowest BCUT2D eigenvalue weighted by atomic mass is 9.98. The Morgan fingerprint density at radius 3 is 3.00 bits per heavy atom. The Morgan fingerprint density at radius 1 is 1.24 bits per heavy atom. The first kappa shape index (κ1) is 14.1. The maximum atomic E-state index is 5.26. The van der Waals surface area contributed by atoms with E-state index in [0.29, 0.717) is 11.9 Å². The molecule has 0 radical (unpaired) electrons. The number of rotatable bonds is 4. The van der Waals surface area contributed by atoms with Gasteiger partial charge in [-0.3, -0.25) is 0 Å². The molecule has 1 aromatic heterocycles. The van der Waals surface area contributed by atoms with E-state index in [1.165, 1.54) is 44.9 Å². The van der Waals surface area contributed by atoms with E-state index >= 15 is 0 Å². The maximum absolute atomic E-state index is 5.26. The van der Waals surface area contributed by atoms with Crippen molar-refractivity contribution >= 4 is 5.69 Å². The average molecular weight is 285 g/mol. The lowest BCUT2D eigenvalue weighted by Gasteiger charge is -2.18. The van der Waals surface area contributed by atoms with Gasteiger partial charge in [0.2, 0.25) is 12.3 Å². The van der Waals surface area contributed by atoms with Crippen molar-refractivity contribution in [1.82, 2.24) is 10.2 Å². The van der Waals surface area contributed by atoms with Gasteiger partial charge in [0.1, 0.15) is 0 Å². The minimum Gasteiger partial charge on any atom is -0.423 e. The molecule has 1 aliphatic carbocycles. The zero-order valence-corrected chi connectivity index (χ0v) is 12.6. The molecule has 2 aromatic rings. The summed E-state index contributed by atoms with van der Waals surface area (Å²) in [6.45, 7) is 2.31. The molecule has 0 saturated heterocycles. The summed E-state index contributed by atoms with van der Waals surface area (Å²) in [5.41, 5.74) is 2.11. The van der Waals surface area contributed by atoms with Crippen molar-refractivity contribution in [3.05, 3.63) is 30.7 Å². The van der Waals surface area contributed by atoms with E-state index in [0.717, 1.165) is 17.2 Å². The summed E-state index contributed by atoms with van der Waals surface area (Å²) in [5.74, 6) is 1.49. The molecule has 0 aliphatic heterocycles. The van der Waals surface area contributed by atoms with Gasteiger partial charge >= 0.3 is 0 Å². The van der Waals surface area contributed by atoms with Crippen LogP contribution >= 0.6 is 0 Å². The van der Waals surface area contributed by atoms with Gasteiger partial charge in [0.15, 0.2) is 0 Å². The highest BCUT2D eigenvalue weighted by atomic mass is 16.4. The molecule has 0 bridgehead atoms. The second kappa shape index (κ2) is 6.74. The minimum atomic E-state index is 0.575. The molecule has 4 heteroatoms. The smallest absolute Gasteiger partial charge is 0.247 e. The normalized spacial score (nSPS) is 22.7. The van der Waals surface area contributed by atoms with Gasteiger partial charge in [-0.1, -0.05) is 32.3 Å². The van der Waals surface area contributed by atoms with Gasteiger partial charge in [-0.05, 0) is 43.4 Å². The summed E-state index contributed by atoms with van der Waals surface area (Å²) in [7, 11) is 0. The summed E-state index contributed by atoms with van der Waals surface area (Å²) in [4.78, 5) is 0. The Labute approximate surface area is 126 Å². The number of nitrogens with zero attached hydrogens (tertiary/aromatic N) is 2. The van der Waals surface area contributed by atoms with E-state index in [1.807, 2.05) is 12.1 Å². The van der Waals surface area contributed by atoms with Crippen LogP contribution in [0.1, 0.15) is 45.4 Å². The first-order chi connectivity index (χ1) is 10.3. The molecule has 4 nitrogen and oxygen atoms in total. The summed E-state index contributed by atoms with van der Waals surface area (Å²) < 4.78 is 5.26. The van der Waals surface area contributed by atoms with Crippen LogP contribution in [-0.4, -0.2) is 16.2 Å². The highest BCUT2D eigenvalue weighted by Gasteiger charge is 2.17. The first-order valence-corrected chi connectivity index (χ1v) is 7.98. The molecular formula is C17H23N3O. The predicted octanol–water partition coefficient (Wildman–Crippen LogP) is 4.51. The third kappa shape index (κ3) is 3.63. The zero-order valence-electron chi connectivity index (χ0n) is 12.6. The molecule has 0 amide bonds. The molecule has 1 fully saturated rings. The summed E-state index contributed by atoms with van der Waals surface area (Å²) in [5, 5.41) is 11.4. The molecule has 1 aromatic carbocycles. The molecule has 112 valence electrons. The van der Waals surface area contributed by atoms with Crippen LogP contribution in [0.3, 0.4) is 0 Å². The molecule has 1 aliphatic rings. The molecule has 2 unspecified atom stereocenters. The van der Waals surface area contributed by atoms with Gasteiger partial charge in [0.25, 0.3) is 0 Å². The Bertz CT molecular complexity index is 553. The van der Waals surface area contributed by atoms with E-state index in [4.69, 9.17) is 4.42 Å². The van der Waals surface area contributed by atoms with Gasteiger partial charge in [-0.2, -0.15) is 0 Å². The summed E-state index contributed by atoms with van der Waals surface area (Å²) in [6.07, 6.45) is 9.28. The van der Waals surface area contributed by atoms with Crippen molar-refractivity contribution in [2.45, 2.75) is 51.5 Å². The highest BCUT2D eigenvalue weighted by Crippen LogP contribution is 2.28. The van der Waals surface area contributed by atoms with Crippen molar-refractivity contribution in [3.63, 3.8) is 0 Å². The Balaban J connectivity index is 1.66. The fourth-order valence-electron chi connectivity index (χ4n) is 3.21. The van der Waals surface area contributed by atoms with Crippen molar-refractivity contribution in [2.24, 2.45) is 5.92 Å².